The van der Waals surface area contributed by atoms with E-state index in [0.29, 0.717) is 17.7 Å². The lowest BCUT2D eigenvalue weighted by molar-refractivity contribution is -0.153. The van der Waals surface area contributed by atoms with Crippen LogP contribution in [0.3, 0.4) is 0 Å². The molecule has 7 N–H and O–H groups in total. The van der Waals surface area contributed by atoms with Crippen LogP contribution in [0, 0.1) is 17.3 Å². The Balaban J connectivity index is 1.92. The van der Waals surface area contributed by atoms with E-state index in [1.54, 1.807) is 6.07 Å². The van der Waals surface area contributed by atoms with Crippen LogP contribution in [0.4, 0.5) is 0 Å². The Kier molecular flexibility index (Phi) is 7.23. The highest BCUT2D eigenvalue weighted by Crippen LogP contribution is 2.53. The van der Waals surface area contributed by atoms with Gasteiger partial charge in [-0.05, 0) is 56.8 Å². The Morgan fingerprint density at radius 1 is 1.18 bits per heavy atom. The third-order valence-corrected chi connectivity index (χ3v) is 8.15. The van der Waals surface area contributed by atoms with Crippen molar-refractivity contribution in [2.24, 2.45) is 23.0 Å². The summed E-state index contributed by atoms with van der Waals surface area (Å²) in [6.45, 7) is 8.25. The number of aliphatic hydroxyl groups is 3. The van der Waals surface area contributed by atoms with E-state index in [2.05, 4.69) is 5.32 Å². The summed E-state index contributed by atoms with van der Waals surface area (Å²) in [5, 5.41) is 48.6. The number of carbonyl (C=O) groups excluding carboxylic acids is 4. The minimum absolute atomic E-state index is 0.0429. The molecule has 0 saturated heterocycles. The average molecular weight is 556 g/mol. The zero-order chi connectivity index (χ0) is 30.1. The van der Waals surface area contributed by atoms with Crippen molar-refractivity contribution in [2.45, 2.75) is 58.7 Å². The van der Waals surface area contributed by atoms with Crippen LogP contribution in [0.1, 0.15) is 61.2 Å². The van der Waals surface area contributed by atoms with Gasteiger partial charge in [0, 0.05) is 35.7 Å². The van der Waals surface area contributed by atoms with Crippen molar-refractivity contribution in [3.05, 3.63) is 45.2 Å². The first-order valence-electron chi connectivity index (χ1n) is 13.2. The second-order valence-electron chi connectivity index (χ2n) is 12.5. The number of nitrogens with zero attached hydrogens (tertiary/aromatic N) is 1. The molecule has 216 valence electrons. The Morgan fingerprint density at radius 3 is 2.33 bits per heavy atom. The van der Waals surface area contributed by atoms with Crippen molar-refractivity contribution in [1.82, 2.24) is 10.2 Å². The number of rotatable bonds is 6. The number of likely N-dealkylation sites (N-methyl/N-ethyl adjacent to an activating group) is 1. The van der Waals surface area contributed by atoms with Gasteiger partial charge in [0.05, 0.1) is 11.6 Å². The minimum atomic E-state index is -2.71. The number of aliphatic hydroxyl groups excluding tert-OH is 2. The molecule has 1 amide bonds. The fourth-order valence-corrected chi connectivity index (χ4v) is 6.39. The topological polar surface area (TPSA) is 190 Å². The fraction of sp³-hybridized carbons (Fsp3) is 0.517. The molecule has 0 aliphatic heterocycles. The van der Waals surface area contributed by atoms with Crippen LogP contribution >= 0.6 is 0 Å². The van der Waals surface area contributed by atoms with Crippen LogP contribution in [0.2, 0.25) is 0 Å². The molecule has 0 unspecified atom stereocenters. The minimum Gasteiger partial charge on any atom is -0.508 e. The predicted octanol–water partition coefficient (Wildman–Crippen LogP) is 1.30. The van der Waals surface area contributed by atoms with E-state index in [1.807, 2.05) is 20.8 Å². The average Bonchev–Trinajstić information content (AvgIpc) is 2.81. The van der Waals surface area contributed by atoms with E-state index in [9.17, 15) is 39.6 Å². The van der Waals surface area contributed by atoms with Gasteiger partial charge in [-0.1, -0.05) is 20.8 Å². The van der Waals surface area contributed by atoms with Crippen LogP contribution in [0.25, 0.3) is 5.76 Å². The van der Waals surface area contributed by atoms with Crippen molar-refractivity contribution < 1.29 is 39.6 Å². The molecule has 0 spiro atoms. The van der Waals surface area contributed by atoms with Crippen molar-refractivity contribution in [1.29, 1.82) is 0 Å². The first-order valence-corrected chi connectivity index (χ1v) is 13.2. The molecule has 40 heavy (non-hydrogen) atoms. The molecular formula is C29H37N3O8. The van der Waals surface area contributed by atoms with Gasteiger partial charge in [-0.15, -0.1) is 0 Å². The zero-order valence-electron chi connectivity index (χ0n) is 23.6. The Bertz CT molecular complexity index is 1400. The summed E-state index contributed by atoms with van der Waals surface area (Å²) in [7, 11) is 3.07. The van der Waals surface area contributed by atoms with E-state index in [1.165, 1.54) is 25.9 Å². The highest BCUT2D eigenvalue weighted by molar-refractivity contribution is 6.24. The highest BCUT2D eigenvalue weighted by atomic mass is 16.3. The maximum absolute atomic E-state index is 14.0. The maximum Gasteiger partial charge on any atom is 0.255 e. The Hall–Kier alpha value is -3.54. The van der Waals surface area contributed by atoms with Gasteiger partial charge in [-0.3, -0.25) is 24.1 Å². The van der Waals surface area contributed by atoms with Crippen molar-refractivity contribution >= 4 is 29.0 Å². The molecule has 0 heterocycles. The first kappa shape index (κ1) is 29.4. The molecule has 1 aromatic carbocycles. The van der Waals surface area contributed by atoms with Crippen LogP contribution in [-0.2, 0) is 27.3 Å². The van der Waals surface area contributed by atoms with Crippen molar-refractivity contribution in [2.75, 3.05) is 20.6 Å². The molecule has 0 radical (unpaired) electrons. The number of aromatic hydroxyl groups is 1. The fourth-order valence-electron chi connectivity index (χ4n) is 6.39. The maximum atomic E-state index is 14.0. The number of ketones is 3. The summed E-state index contributed by atoms with van der Waals surface area (Å²) in [5.41, 5.74) is 2.36. The Morgan fingerprint density at radius 2 is 1.80 bits per heavy atom. The number of nitrogens with two attached hydrogens (primary N) is 1. The van der Waals surface area contributed by atoms with E-state index >= 15 is 0 Å². The molecule has 11 nitrogen and oxygen atoms in total. The van der Waals surface area contributed by atoms with Crippen molar-refractivity contribution in [3.8, 4) is 5.75 Å². The number of Topliss-reactive ketones (excluding diaryl/α,β-unsaturated/α-hetero) is 3. The molecule has 11 heteroatoms. The highest BCUT2D eigenvalue weighted by Gasteiger charge is 2.64. The standard InChI is InChI=1S/C29H37N3O8/c1-12(33)15-8-14(10-31-11-28(2,3)4)22(34)19-16(15)7-13-9-17-21(32(5)6)24(36)20(27(30)39)26(38)29(17,40)25(37)18(13)23(19)35/h8,13,17,21,31,34-35,38,40H,7,9-11H2,1-6H3,(H2,30,39)/t13-,17-,21-,29-/m1/s1. The number of hydrogen-bond acceptors (Lipinski definition) is 10. The van der Waals surface area contributed by atoms with E-state index in [-0.39, 0.29) is 53.0 Å². The van der Waals surface area contributed by atoms with Crippen LogP contribution in [0.5, 0.6) is 5.75 Å². The molecule has 3 aliphatic carbocycles. The summed E-state index contributed by atoms with van der Waals surface area (Å²) in [5.74, 6) is -7.49. The second-order valence-corrected chi connectivity index (χ2v) is 12.5. The van der Waals surface area contributed by atoms with Crippen LogP contribution in [-0.4, -0.2) is 80.9 Å². The number of nitrogens with one attached hydrogen (secondary N) is 1. The Labute approximate surface area is 232 Å². The summed E-state index contributed by atoms with van der Waals surface area (Å²) in [4.78, 5) is 53.4. The SMILES string of the molecule is CC(=O)c1cc(CNCC(C)(C)C)c(O)c2c1C[C@@H]1C[C@@H]3[C@@H](N(C)C)C(=O)C(C(N)=O)=C(O)[C@]3(O)C(=O)C1=C2O. The van der Waals surface area contributed by atoms with Gasteiger partial charge in [0.15, 0.2) is 17.2 Å². The van der Waals surface area contributed by atoms with Gasteiger partial charge >= 0.3 is 0 Å². The summed E-state index contributed by atoms with van der Waals surface area (Å²) in [6, 6.07) is 0.403. The second kappa shape index (κ2) is 9.83. The van der Waals surface area contributed by atoms with E-state index in [4.69, 9.17) is 5.73 Å². The van der Waals surface area contributed by atoms with Gasteiger partial charge in [0.2, 0.25) is 5.78 Å². The summed E-state index contributed by atoms with van der Waals surface area (Å²) >= 11 is 0. The van der Waals surface area contributed by atoms with Gasteiger partial charge in [0.25, 0.3) is 5.91 Å². The van der Waals surface area contributed by atoms with E-state index in [0.717, 1.165) is 0 Å². The lowest BCUT2D eigenvalue weighted by atomic mass is 9.57. The van der Waals surface area contributed by atoms with Gasteiger partial charge in [-0.25, -0.2) is 0 Å². The lowest BCUT2D eigenvalue weighted by Crippen LogP contribution is -2.65. The molecular weight excluding hydrogens is 518 g/mol. The molecule has 1 fully saturated rings. The number of phenols is 1. The molecule has 4 rings (SSSR count). The number of carbonyl (C=O) groups is 4. The number of phenolic OH excluding ortho intramolecular Hbond substituents is 1. The molecule has 1 aromatic rings. The molecule has 1 saturated carbocycles. The smallest absolute Gasteiger partial charge is 0.255 e. The van der Waals surface area contributed by atoms with Gasteiger partial charge < -0.3 is 31.5 Å². The lowest BCUT2D eigenvalue weighted by Gasteiger charge is -2.50. The first-order chi connectivity index (χ1) is 18.4. The largest absolute Gasteiger partial charge is 0.508 e. The number of hydrogen-bond donors (Lipinski definition) is 6. The molecule has 0 aromatic heterocycles. The summed E-state index contributed by atoms with van der Waals surface area (Å²) in [6.07, 6.45) is 0.0193. The van der Waals surface area contributed by atoms with Crippen LogP contribution < -0.4 is 11.1 Å². The quantitative estimate of drug-likeness (QED) is 0.220. The van der Waals surface area contributed by atoms with Gasteiger partial charge in [0.1, 0.15) is 22.8 Å². The molecule has 4 atom stereocenters. The monoisotopic (exact) mass is 555 g/mol. The number of primary amides is 1. The molecule has 3 aliphatic rings. The van der Waals surface area contributed by atoms with Crippen molar-refractivity contribution in [3.63, 3.8) is 0 Å². The predicted molar refractivity (Wildman–Crippen MR) is 145 cm³/mol. The number of benzene rings is 1. The normalized spacial score (nSPS) is 26.6. The molecule has 0 bridgehead atoms. The van der Waals surface area contributed by atoms with Crippen LogP contribution in [0.15, 0.2) is 23.0 Å². The third kappa shape index (κ3) is 4.42. The van der Waals surface area contributed by atoms with E-state index < -0.39 is 58.0 Å². The van der Waals surface area contributed by atoms with Gasteiger partial charge in [-0.2, -0.15) is 0 Å². The number of fused-ring (bicyclic) bond motifs is 3. The third-order valence-electron chi connectivity index (χ3n) is 8.15. The number of amides is 1. The summed E-state index contributed by atoms with van der Waals surface area (Å²) < 4.78 is 0. The zero-order valence-corrected chi connectivity index (χ0v) is 23.6.